The number of nitrogens with zero attached hydrogens (tertiary/aromatic N) is 2. The van der Waals surface area contributed by atoms with Gasteiger partial charge in [0.05, 0.1) is 50.0 Å². The summed E-state index contributed by atoms with van der Waals surface area (Å²) in [6, 6.07) is 4.18. The summed E-state index contributed by atoms with van der Waals surface area (Å²) in [6.45, 7) is 0. The van der Waals surface area contributed by atoms with Crippen LogP contribution in [0.1, 0.15) is 0 Å². The normalized spacial score (nSPS) is 37.6. The molecule has 1 fully saturated rings. The van der Waals surface area contributed by atoms with Gasteiger partial charge in [0.1, 0.15) is 0 Å². The first-order chi connectivity index (χ1) is 9.60. The van der Waals surface area contributed by atoms with Crippen LogP contribution in [0.25, 0.3) is 0 Å². The molecule has 20 heavy (non-hydrogen) atoms. The van der Waals surface area contributed by atoms with E-state index in [0.29, 0.717) is 0 Å². The highest BCUT2D eigenvalue weighted by Crippen LogP contribution is 2.51. The molecule has 0 aromatic carbocycles. The Labute approximate surface area is 116 Å². The Morgan fingerprint density at radius 3 is 1.50 bits per heavy atom. The van der Waals surface area contributed by atoms with Crippen molar-refractivity contribution in [3.8, 4) is 12.1 Å². The number of allylic oxidation sites excluding steroid dienone is 2. The molecule has 2 bridgehead atoms. The maximum atomic E-state index is 12.0. The molecular formula is C14H14N2O4. The molecule has 6 atom stereocenters. The third-order valence-electron chi connectivity index (χ3n) is 4.23. The maximum Gasteiger partial charge on any atom is 0.310 e. The molecule has 0 amide bonds. The van der Waals surface area contributed by atoms with Crippen LogP contribution in [0, 0.1) is 58.2 Å². The van der Waals surface area contributed by atoms with Gasteiger partial charge in [-0.05, 0) is 0 Å². The van der Waals surface area contributed by atoms with Gasteiger partial charge >= 0.3 is 11.9 Å². The smallest absolute Gasteiger partial charge is 0.310 e. The summed E-state index contributed by atoms with van der Waals surface area (Å²) in [5, 5.41) is 18.5. The molecule has 0 aliphatic heterocycles. The number of hydrogen-bond donors (Lipinski definition) is 0. The van der Waals surface area contributed by atoms with Gasteiger partial charge in [0.25, 0.3) is 0 Å². The molecule has 0 heterocycles. The van der Waals surface area contributed by atoms with Crippen molar-refractivity contribution < 1.29 is 19.1 Å². The molecule has 0 N–H and O–H groups in total. The molecular weight excluding hydrogens is 260 g/mol. The topological polar surface area (TPSA) is 100 Å². The minimum Gasteiger partial charge on any atom is -0.469 e. The summed E-state index contributed by atoms with van der Waals surface area (Å²) in [7, 11) is 2.48. The first-order valence-electron chi connectivity index (χ1n) is 6.23. The van der Waals surface area contributed by atoms with E-state index in [9.17, 15) is 20.1 Å². The molecule has 104 valence electrons. The number of rotatable bonds is 2. The van der Waals surface area contributed by atoms with E-state index >= 15 is 0 Å². The standard InChI is InChI=1S/C14H14N2O4/c1-19-13(17)11-7-3-4-8(12(11)14(18)20-2)10(6-16)9(7)5-15/h3-4,7-12H,1-2H3/t7-,8+,9-,10-,11-,12-/m1/s1. The minimum absolute atomic E-state index is 0.494. The van der Waals surface area contributed by atoms with Crippen molar-refractivity contribution in [3.63, 3.8) is 0 Å². The summed E-state index contributed by atoms with van der Waals surface area (Å²) < 4.78 is 9.51. The lowest BCUT2D eigenvalue weighted by Gasteiger charge is -2.46. The Morgan fingerprint density at radius 1 is 0.900 bits per heavy atom. The van der Waals surface area contributed by atoms with Crippen molar-refractivity contribution in [1.29, 1.82) is 10.5 Å². The molecule has 0 aromatic heterocycles. The van der Waals surface area contributed by atoms with E-state index in [0.717, 1.165) is 0 Å². The molecule has 6 heteroatoms. The average Bonchev–Trinajstić information content (AvgIpc) is 2.51. The van der Waals surface area contributed by atoms with Crippen LogP contribution in [0.5, 0.6) is 0 Å². The Morgan fingerprint density at radius 2 is 1.25 bits per heavy atom. The number of fused-ring (bicyclic) bond motifs is 2. The van der Waals surface area contributed by atoms with Gasteiger partial charge in [-0.1, -0.05) is 12.2 Å². The Hall–Kier alpha value is -2.34. The number of esters is 2. The van der Waals surface area contributed by atoms with Gasteiger partial charge < -0.3 is 9.47 Å². The molecule has 1 saturated carbocycles. The van der Waals surface area contributed by atoms with E-state index in [2.05, 4.69) is 12.1 Å². The van der Waals surface area contributed by atoms with Gasteiger partial charge in [0.2, 0.25) is 0 Å². The van der Waals surface area contributed by atoms with Gasteiger partial charge in [-0.15, -0.1) is 0 Å². The molecule has 3 aliphatic carbocycles. The monoisotopic (exact) mass is 274 g/mol. The summed E-state index contributed by atoms with van der Waals surface area (Å²) >= 11 is 0. The largest absolute Gasteiger partial charge is 0.469 e. The second kappa shape index (κ2) is 5.34. The number of ether oxygens (including phenoxy) is 2. The predicted octanol–water partition coefficient (Wildman–Crippen LogP) is 0.660. The van der Waals surface area contributed by atoms with E-state index < -0.39 is 47.4 Å². The molecule has 0 radical (unpaired) electrons. The van der Waals surface area contributed by atoms with Crippen LogP contribution in [0.15, 0.2) is 12.2 Å². The predicted molar refractivity (Wildman–Crippen MR) is 65.3 cm³/mol. The highest BCUT2D eigenvalue weighted by atomic mass is 16.5. The van der Waals surface area contributed by atoms with E-state index in [1.54, 1.807) is 12.2 Å². The second-order valence-electron chi connectivity index (χ2n) is 4.95. The van der Waals surface area contributed by atoms with Crippen LogP contribution in [0.2, 0.25) is 0 Å². The number of methoxy groups -OCH3 is 2. The quantitative estimate of drug-likeness (QED) is 0.541. The first-order valence-corrected chi connectivity index (χ1v) is 6.23. The molecule has 0 saturated heterocycles. The van der Waals surface area contributed by atoms with Crippen molar-refractivity contribution in [1.82, 2.24) is 0 Å². The lowest BCUT2D eigenvalue weighted by molar-refractivity contribution is -0.166. The third-order valence-corrected chi connectivity index (χ3v) is 4.23. The molecule has 3 rings (SSSR count). The van der Waals surface area contributed by atoms with E-state index in [1.165, 1.54) is 14.2 Å². The van der Waals surface area contributed by atoms with E-state index in [-0.39, 0.29) is 0 Å². The Bertz CT molecular complexity index is 494. The fraction of sp³-hybridized carbons (Fsp3) is 0.571. The summed E-state index contributed by atoms with van der Waals surface area (Å²) in [6.07, 6.45) is 3.49. The zero-order chi connectivity index (χ0) is 14.9. The van der Waals surface area contributed by atoms with Crippen molar-refractivity contribution >= 4 is 11.9 Å². The lowest BCUT2D eigenvalue weighted by Crippen LogP contribution is -2.53. The third kappa shape index (κ3) is 1.85. The minimum atomic E-state index is -0.767. The number of hydrogen-bond acceptors (Lipinski definition) is 6. The Kier molecular flexibility index (Phi) is 3.76. The van der Waals surface area contributed by atoms with E-state index in [4.69, 9.17) is 9.47 Å². The molecule has 0 unspecified atom stereocenters. The fourth-order valence-electron chi connectivity index (χ4n) is 3.35. The summed E-state index contributed by atoms with van der Waals surface area (Å²) in [4.78, 5) is 24.0. The van der Waals surface area contributed by atoms with Crippen molar-refractivity contribution in [2.24, 2.45) is 35.5 Å². The zero-order valence-electron chi connectivity index (χ0n) is 11.1. The fourth-order valence-corrected chi connectivity index (χ4v) is 3.35. The van der Waals surface area contributed by atoms with E-state index in [1.807, 2.05) is 0 Å². The highest BCUT2D eigenvalue weighted by molar-refractivity contribution is 5.84. The first kappa shape index (κ1) is 14.1. The average molecular weight is 274 g/mol. The van der Waals surface area contributed by atoms with Crippen molar-refractivity contribution in [3.05, 3.63) is 12.2 Å². The van der Waals surface area contributed by atoms with Crippen molar-refractivity contribution in [2.75, 3.05) is 14.2 Å². The number of carbonyl (C=O) groups excluding carboxylic acids is 2. The van der Waals surface area contributed by atoms with Gasteiger partial charge in [-0.3, -0.25) is 9.59 Å². The maximum absolute atomic E-state index is 12.0. The van der Waals surface area contributed by atoms with Crippen LogP contribution >= 0.6 is 0 Å². The highest BCUT2D eigenvalue weighted by Gasteiger charge is 2.58. The molecule has 0 aromatic rings. The lowest BCUT2D eigenvalue weighted by atomic mass is 9.53. The molecule has 6 nitrogen and oxygen atoms in total. The molecule has 3 aliphatic rings. The van der Waals surface area contributed by atoms with Crippen LogP contribution < -0.4 is 0 Å². The SMILES string of the molecule is COC(=O)[C@@H]1[C@@H]2C=C[C@@H]([C@@H](C#N)[C@@H]2C#N)[C@H]1C(=O)OC. The summed E-state index contributed by atoms with van der Waals surface area (Å²) in [5.74, 6) is -4.83. The molecule has 0 spiro atoms. The van der Waals surface area contributed by atoms with Gasteiger partial charge in [-0.25, -0.2) is 0 Å². The van der Waals surface area contributed by atoms with Gasteiger partial charge in [0, 0.05) is 11.8 Å². The van der Waals surface area contributed by atoms with Gasteiger partial charge in [-0.2, -0.15) is 10.5 Å². The van der Waals surface area contributed by atoms with Crippen LogP contribution in [0.4, 0.5) is 0 Å². The Balaban J connectivity index is 2.49. The summed E-state index contributed by atoms with van der Waals surface area (Å²) in [5.41, 5.74) is 0. The van der Waals surface area contributed by atoms with Gasteiger partial charge in [0.15, 0.2) is 0 Å². The van der Waals surface area contributed by atoms with Crippen molar-refractivity contribution in [2.45, 2.75) is 0 Å². The van der Waals surface area contributed by atoms with Crippen LogP contribution in [0.3, 0.4) is 0 Å². The number of carbonyl (C=O) groups is 2. The van der Waals surface area contributed by atoms with Crippen LogP contribution in [-0.4, -0.2) is 26.2 Å². The number of nitriles is 2. The second-order valence-corrected chi connectivity index (χ2v) is 4.95. The zero-order valence-corrected chi connectivity index (χ0v) is 11.1. The van der Waals surface area contributed by atoms with Crippen LogP contribution in [-0.2, 0) is 19.1 Å².